The number of benzene rings is 1. The summed E-state index contributed by atoms with van der Waals surface area (Å²) in [6.07, 6.45) is 3.55. The van der Waals surface area contributed by atoms with Gasteiger partial charge in [-0.2, -0.15) is 0 Å². The average molecular weight is 310 g/mol. The summed E-state index contributed by atoms with van der Waals surface area (Å²) < 4.78 is 0. The summed E-state index contributed by atoms with van der Waals surface area (Å²) in [4.78, 5) is 34.6. The van der Waals surface area contributed by atoms with Crippen LogP contribution in [0.4, 0.5) is 5.69 Å². The topological polar surface area (TPSA) is 89.2 Å². The predicted octanol–water partition coefficient (Wildman–Crippen LogP) is 1.79. The van der Waals surface area contributed by atoms with E-state index in [1.165, 1.54) is 6.20 Å². The molecule has 6 heteroatoms. The van der Waals surface area contributed by atoms with E-state index in [4.69, 9.17) is 5.73 Å². The Morgan fingerprint density at radius 1 is 1.22 bits per heavy atom. The molecule has 1 aromatic carbocycles. The summed E-state index contributed by atoms with van der Waals surface area (Å²) in [7, 11) is 0. The van der Waals surface area contributed by atoms with Crippen molar-refractivity contribution in [1.29, 1.82) is 0 Å². The first-order valence-electron chi connectivity index (χ1n) is 7.49. The van der Waals surface area contributed by atoms with Crippen molar-refractivity contribution in [2.75, 3.05) is 4.90 Å². The monoisotopic (exact) mass is 310 g/mol. The van der Waals surface area contributed by atoms with Gasteiger partial charge in [0.2, 0.25) is 5.91 Å². The number of carbonyl (C=O) groups is 2. The first kappa shape index (κ1) is 15.1. The van der Waals surface area contributed by atoms with Gasteiger partial charge in [-0.25, -0.2) is 4.98 Å². The lowest BCUT2D eigenvalue weighted by Crippen LogP contribution is -2.45. The maximum Gasteiger partial charge on any atom is 0.278 e. The van der Waals surface area contributed by atoms with Crippen LogP contribution in [0.25, 0.3) is 0 Å². The number of nitrogens with two attached hydrogens (primary N) is 1. The van der Waals surface area contributed by atoms with Crippen LogP contribution in [-0.4, -0.2) is 27.8 Å². The van der Waals surface area contributed by atoms with E-state index in [0.717, 1.165) is 11.3 Å². The van der Waals surface area contributed by atoms with Crippen LogP contribution in [0.15, 0.2) is 36.7 Å². The highest BCUT2D eigenvalue weighted by Gasteiger charge is 2.36. The van der Waals surface area contributed by atoms with E-state index in [-0.39, 0.29) is 29.5 Å². The molecule has 6 nitrogen and oxygen atoms in total. The van der Waals surface area contributed by atoms with Gasteiger partial charge < -0.3 is 10.6 Å². The minimum Gasteiger partial charge on any atom is -0.369 e. The minimum absolute atomic E-state index is 0.155. The zero-order chi connectivity index (χ0) is 16.6. The molecule has 0 saturated carbocycles. The molecule has 3 rings (SSSR count). The molecule has 2 aromatic rings. The van der Waals surface area contributed by atoms with Gasteiger partial charge in [-0.1, -0.05) is 18.2 Å². The number of nitrogens with zero attached hydrogens (tertiary/aromatic N) is 3. The Morgan fingerprint density at radius 3 is 2.61 bits per heavy atom. The summed E-state index contributed by atoms with van der Waals surface area (Å²) in [6, 6.07) is 7.21. The van der Waals surface area contributed by atoms with Crippen molar-refractivity contribution in [3.8, 4) is 0 Å². The van der Waals surface area contributed by atoms with Gasteiger partial charge in [0.1, 0.15) is 5.69 Å². The fourth-order valence-electron chi connectivity index (χ4n) is 3.02. The molecule has 0 aliphatic carbocycles. The molecule has 2 atom stereocenters. The Labute approximate surface area is 134 Å². The number of primary amides is 1. The lowest BCUT2D eigenvalue weighted by Gasteiger charge is -2.38. The number of fused-ring (bicyclic) bond motifs is 1. The Balaban J connectivity index is 2.05. The van der Waals surface area contributed by atoms with Crippen molar-refractivity contribution >= 4 is 17.5 Å². The van der Waals surface area contributed by atoms with Gasteiger partial charge in [-0.3, -0.25) is 14.6 Å². The van der Waals surface area contributed by atoms with Crippen LogP contribution < -0.4 is 10.6 Å². The number of hydrogen-bond acceptors (Lipinski definition) is 4. The summed E-state index contributed by atoms with van der Waals surface area (Å²) >= 11 is 0. The lowest BCUT2D eigenvalue weighted by atomic mass is 9.85. The zero-order valence-electron chi connectivity index (χ0n) is 13.1. The second-order valence-corrected chi connectivity index (χ2v) is 5.82. The SMILES string of the molecule is Cc1cnc(C(=O)N2c3ccccc3C(C(N)=O)CC2C)cn1. The highest BCUT2D eigenvalue weighted by molar-refractivity contribution is 6.06. The number of rotatable bonds is 2. The molecule has 1 aliphatic heterocycles. The molecule has 0 radical (unpaired) electrons. The molecule has 118 valence electrons. The van der Waals surface area contributed by atoms with Gasteiger partial charge in [-0.15, -0.1) is 0 Å². The van der Waals surface area contributed by atoms with E-state index in [0.29, 0.717) is 12.1 Å². The summed E-state index contributed by atoms with van der Waals surface area (Å²) in [5.74, 6) is -0.971. The normalized spacial score (nSPS) is 20.0. The quantitative estimate of drug-likeness (QED) is 0.916. The summed E-state index contributed by atoms with van der Waals surface area (Å²) in [6.45, 7) is 3.73. The first-order chi connectivity index (χ1) is 11.0. The van der Waals surface area contributed by atoms with Crippen LogP contribution in [0.1, 0.15) is 41.0 Å². The molecule has 0 bridgehead atoms. The summed E-state index contributed by atoms with van der Waals surface area (Å²) in [5, 5.41) is 0. The third-order valence-electron chi connectivity index (χ3n) is 4.15. The Bertz CT molecular complexity index is 757. The largest absolute Gasteiger partial charge is 0.369 e. The third-order valence-corrected chi connectivity index (χ3v) is 4.15. The van der Waals surface area contributed by atoms with Crippen molar-refractivity contribution in [3.05, 3.63) is 53.6 Å². The fourth-order valence-corrected chi connectivity index (χ4v) is 3.02. The van der Waals surface area contributed by atoms with Crippen LogP contribution in [0.3, 0.4) is 0 Å². The molecule has 0 spiro atoms. The van der Waals surface area contributed by atoms with Crippen LogP contribution >= 0.6 is 0 Å². The molecule has 0 saturated heterocycles. The maximum absolute atomic E-state index is 12.9. The van der Waals surface area contributed by atoms with Crippen LogP contribution in [0.2, 0.25) is 0 Å². The van der Waals surface area contributed by atoms with E-state index in [9.17, 15) is 9.59 Å². The predicted molar refractivity (Wildman–Crippen MR) is 86.0 cm³/mol. The number of para-hydroxylation sites is 1. The Morgan fingerprint density at radius 2 is 1.96 bits per heavy atom. The molecule has 0 fully saturated rings. The van der Waals surface area contributed by atoms with Gasteiger partial charge in [-0.05, 0) is 31.9 Å². The number of anilines is 1. The van der Waals surface area contributed by atoms with E-state index in [1.54, 1.807) is 11.1 Å². The molecule has 2 N–H and O–H groups in total. The number of amides is 2. The van der Waals surface area contributed by atoms with Crippen molar-refractivity contribution in [2.45, 2.75) is 32.2 Å². The molecule has 2 amide bonds. The van der Waals surface area contributed by atoms with Crippen LogP contribution in [0, 0.1) is 6.92 Å². The van der Waals surface area contributed by atoms with Gasteiger partial charge in [0.05, 0.1) is 17.8 Å². The van der Waals surface area contributed by atoms with Gasteiger partial charge in [0.25, 0.3) is 5.91 Å². The lowest BCUT2D eigenvalue weighted by molar-refractivity contribution is -0.119. The summed E-state index contributed by atoms with van der Waals surface area (Å²) in [5.41, 5.74) is 8.06. The maximum atomic E-state index is 12.9. The molecular formula is C17H18N4O2. The van der Waals surface area contributed by atoms with E-state index < -0.39 is 0 Å². The van der Waals surface area contributed by atoms with Crippen LogP contribution in [-0.2, 0) is 4.79 Å². The van der Waals surface area contributed by atoms with E-state index in [1.807, 2.05) is 38.1 Å². The first-order valence-corrected chi connectivity index (χ1v) is 7.49. The fraction of sp³-hybridized carbons (Fsp3) is 0.294. The number of carbonyl (C=O) groups excluding carboxylic acids is 2. The number of aromatic nitrogens is 2. The molecular weight excluding hydrogens is 292 g/mol. The second kappa shape index (κ2) is 5.79. The highest BCUT2D eigenvalue weighted by Crippen LogP contribution is 2.38. The van der Waals surface area contributed by atoms with Crippen molar-refractivity contribution in [3.63, 3.8) is 0 Å². The second-order valence-electron chi connectivity index (χ2n) is 5.82. The van der Waals surface area contributed by atoms with Crippen molar-refractivity contribution < 1.29 is 9.59 Å². The molecule has 1 aromatic heterocycles. The molecule has 1 aliphatic rings. The Hall–Kier alpha value is -2.76. The van der Waals surface area contributed by atoms with E-state index >= 15 is 0 Å². The van der Waals surface area contributed by atoms with Gasteiger partial charge >= 0.3 is 0 Å². The minimum atomic E-state index is -0.380. The van der Waals surface area contributed by atoms with E-state index in [2.05, 4.69) is 9.97 Å². The average Bonchev–Trinajstić information content (AvgIpc) is 2.54. The molecule has 2 heterocycles. The van der Waals surface area contributed by atoms with Gasteiger partial charge in [0.15, 0.2) is 0 Å². The highest BCUT2D eigenvalue weighted by atomic mass is 16.2. The number of aryl methyl sites for hydroxylation is 1. The van der Waals surface area contributed by atoms with Crippen LogP contribution in [0.5, 0.6) is 0 Å². The Kier molecular flexibility index (Phi) is 3.82. The van der Waals surface area contributed by atoms with Crippen molar-refractivity contribution in [1.82, 2.24) is 9.97 Å². The smallest absolute Gasteiger partial charge is 0.278 e. The standard InChI is InChI=1S/C17H18N4O2/c1-10-8-20-14(9-19-10)17(23)21-11(2)7-13(16(18)22)12-5-3-4-6-15(12)21/h3-6,8-9,11,13H,7H2,1-2H3,(H2,18,22). The van der Waals surface area contributed by atoms with Crippen molar-refractivity contribution in [2.24, 2.45) is 5.73 Å². The zero-order valence-corrected chi connectivity index (χ0v) is 13.1. The van der Waals surface area contributed by atoms with Gasteiger partial charge in [0, 0.05) is 17.9 Å². The molecule has 2 unspecified atom stereocenters. The molecule has 23 heavy (non-hydrogen) atoms. The third kappa shape index (κ3) is 2.67. The number of hydrogen-bond donors (Lipinski definition) is 1.